The Hall–Kier alpha value is -3.69. The minimum absolute atomic E-state index is 0.00725. The van der Waals surface area contributed by atoms with Crippen LogP contribution in [-0.4, -0.2) is 83.8 Å². The number of hydrogen-bond donors (Lipinski definition) is 5. The number of imidazole rings is 2. The number of H-pyrrole nitrogens is 1. The van der Waals surface area contributed by atoms with E-state index >= 15 is 0 Å². The van der Waals surface area contributed by atoms with Gasteiger partial charge in [0, 0.05) is 17.5 Å². The molecule has 224 valence electrons. The first-order valence-electron chi connectivity index (χ1n) is 12.5. The van der Waals surface area contributed by atoms with Gasteiger partial charge >= 0.3 is 18.6 Å². The van der Waals surface area contributed by atoms with Gasteiger partial charge in [-0.1, -0.05) is 0 Å². The highest BCUT2D eigenvalue weighted by Gasteiger charge is 2.42. The number of aromatic nitrogens is 8. The third kappa shape index (κ3) is 5.68. The van der Waals surface area contributed by atoms with Gasteiger partial charge in [-0.3, -0.25) is 23.1 Å². The molecule has 1 unspecified atom stereocenters. The van der Waals surface area contributed by atoms with Crippen LogP contribution in [0.1, 0.15) is 31.7 Å². The normalized spacial score (nSPS) is 25.1. The van der Waals surface area contributed by atoms with E-state index in [1.165, 1.54) is 17.2 Å². The average molecular weight is 627 g/mol. The van der Waals surface area contributed by atoms with Gasteiger partial charge in [0.2, 0.25) is 5.95 Å². The molecular weight excluding hydrogens is 601 g/mol. The maximum Gasteiger partial charge on any atom is 0.694 e. The number of nitrogens with zero attached hydrogens (tertiary/aromatic N) is 7. The molecule has 0 aliphatic carbocycles. The Morgan fingerprint density at radius 3 is 2.64 bits per heavy atom. The maximum absolute atomic E-state index is 12.9. The third-order valence-electron chi connectivity index (χ3n) is 6.81. The summed E-state index contributed by atoms with van der Waals surface area (Å²) in [6.45, 7) is -0.549. The quantitative estimate of drug-likeness (QED) is 0.132. The summed E-state index contributed by atoms with van der Waals surface area (Å²) in [6, 6.07) is 0. The van der Waals surface area contributed by atoms with Gasteiger partial charge in [-0.15, -0.1) is 9.42 Å². The van der Waals surface area contributed by atoms with E-state index in [0.717, 1.165) is 0 Å². The van der Waals surface area contributed by atoms with Gasteiger partial charge in [0.1, 0.15) is 43.1 Å². The van der Waals surface area contributed by atoms with Crippen LogP contribution in [0.5, 0.6) is 0 Å². The molecule has 7 N–H and O–H groups in total. The number of nitrogens with one attached hydrogen (secondary N) is 2. The second-order valence-electron chi connectivity index (χ2n) is 9.48. The van der Waals surface area contributed by atoms with Crippen LogP contribution in [-0.2, 0) is 33.0 Å². The largest absolute Gasteiger partial charge is 0.694 e. The summed E-state index contributed by atoms with van der Waals surface area (Å²) in [7, 11) is -7.35. The molecular formula is C20H25N11O9PS+. The van der Waals surface area contributed by atoms with E-state index in [9.17, 15) is 17.8 Å². The molecule has 0 amide bonds. The zero-order valence-electron chi connectivity index (χ0n) is 21.5. The lowest BCUT2D eigenvalue weighted by Gasteiger charge is -2.18. The Bertz CT molecular complexity index is 1810. The minimum Gasteiger partial charge on any atom is -0.382 e. The Labute approximate surface area is 236 Å². The maximum atomic E-state index is 12.9. The number of ether oxygens (including phenoxy) is 2. The fraction of sp³-hybridized carbons (Fsp3) is 0.500. The van der Waals surface area contributed by atoms with Crippen molar-refractivity contribution in [1.82, 2.24) is 43.8 Å². The van der Waals surface area contributed by atoms with Crippen LogP contribution >= 0.6 is 8.25 Å². The summed E-state index contributed by atoms with van der Waals surface area (Å²) in [5.74, 6) is 0.0835. The number of nitrogen functional groups attached to an aromatic ring is 2. The molecule has 4 aromatic heterocycles. The summed E-state index contributed by atoms with van der Waals surface area (Å²) >= 11 is 0. The predicted octanol–water partition coefficient (Wildman–Crippen LogP) is -1.03. The minimum atomic E-state index is -4.36. The van der Waals surface area contributed by atoms with Crippen molar-refractivity contribution in [2.24, 2.45) is 0 Å². The van der Waals surface area contributed by atoms with E-state index < -0.39 is 61.5 Å². The van der Waals surface area contributed by atoms with Crippen LogP contribution in [0.2, 0.25) is 0 Å². The molecule has 20 nitrogen and oxygen atoms in total. The fourth-order valence-corrected chi connectivity index (χ4v) is 6.19. The molecule has 2 saturated heterocycles. The lowest BCUT2D eigenvalue weighted by atomic mass is 10.2. The number of anilines is 2. The molecule has 0 bridgehead atoms. The van der Waals surface area contributed by atoms with Crippen molar-refractivity contribution in [3.05, 3.63) is 29.3 Å². The zero-order valence-corrected chi connectivity index (χ0v) is 23.2. The first kappa shape index (κ1) is 28.4. The molecule has 2 aliphatic rings. The molecule has 0 saturated carbocycles. The number of rotatable bonds is 10. The van der Waals surface area contributed by atoms with Crippen LogP contribution in [0.25, 0.3) is 22.3 Å². The Balaban J connectivity index is 1.11. The highest BCUT2D eigenvalue weighted by atomic mass is 32.2. The van der Waals surface area contributed by atoms with Gasteiger partial charge in [-0.2, -0.15) is 18.1 Å². The van der Waals surface area contributed by atoms with Crippen LogP contribution in [0.3, 0.4) is 0 Å². The molecule has 6 heterocycles. The SMILES string of the molecule is Nc1nc2c(ncn2[C@H]2C[C@H](OS(=O)(=O)NC[C@@H]3CC[C@H](n4cnc5c(N)ncnc54)O3)[C@@H](CO[P+](=O)O)O2)c(=O)[nH]1. The van der Waals surface area contributed by atoms with Crippen molar-refractivity contribution in [2.45, 2.75) is 50.0 Å². The first-order chi connectivity index (χ1) is 20.1. The molecule has 22 heteroatoms. The number of nitrogens with two attached hydrogens (primary N) is 2. The van der Waals surface area contributed by atoms with Crippen LogP contribution in [0.15, 0.2) is 23.8 Å². The Morgan fingerprint density at radius 2 is 1.86 bits per heavy atom. The lowest BCUT2D eigenvalue weighted by molar-refractivity contribution is -0.0340. The summed E-state index contributed by atoms with van der Waals surface area (Å²) in [5.41, 5.74) is 12.0. The van der Waals surface area contributed by atoms with E-state index in [1.807, 2.05) is 0 Å². The molecule has 2 aliphatic heterocycles. The second-order valence-corrected chi connectivity index (χ2v) is 11.6. The summed E-state index contributed by atoms with van der Waals surface area (Å²) in [4.78, 5) is 44.0. The summed E-state index contributed by atoms with van der Waals surface area (Å²) in [5, 5.41) is 0. The van der Waals surface area contributed by atoms with Crippen LogP contribution in [0, 0.1) is 0 Å². The predicted molar refractivity (Wildman–Crippen MR) is 142 cm³/mol. The van der Waals surface area contributed by atoms with E-state index in [4.69, 9.17) is 34.5 Å². The van der Waals surface area contributed by atoms with Crippen molar-refractivity contribution in [3.8, 4) is 0 Å². The molecule has 4 aromatic rings. The Morgan fingerprint density at radius 1 is 1.10 bits per heavy atom. The molecule has 6 atom stereocenters. The van der Waals surface area contributed by atoms with Crippen molar-refractivity contribution in [3.63, 3.8) is 0 Å². The molecule has 2 fully saturated rings. The average Bonchev–Trinajstić information content (AvgIpc) is 3.71. The highest BCUT2D eigenvalue weighted by molar-refractivity contribution is 7.84. The molecule has 6 rings (SSSR count). The molecule has 0 spiro atoms. The second kappa shape index (κ2) is 11.2. The van der Waals surface area contributed by atoms with Gasteiger partial charge in [0.25, 0.3) is 5.56 Å². The smallest absolute Gasteiger partial charge is 0.382 e. The summed E-state index contributed by atoms with van der Waals surface area (Å²) < 4.78 is 64.5. The van der Waals surface area contributed by atoms with Crippen molar-refractivity contribution in [1.29, 1.82) is 0 Å². The van der Waals surface area contributed by atoms with Gasteiger partial charge < -0.3 is 20.9 Å². The summed E-state index contributed by atoms with van der Waals surface area (Å²) in [6.07, 6.45) is 1.14. The van der Waals surface area contributed by atoms with Gasteiger partial charge in [0.15, 0.2) is 22.6 Å². The topological polar surface area (TPSA) is 280 Å². The Kier molecular flexibility index (Phi) is 7.57. The van der Waals surface area contributed by atoms with Crippen molar-refractivity contribution < 1.29 is 36.1 Å². The number of hydrogen-bond acceptors (Lipinski definition) is 15. The third-order valence-corrected chi connectivity index (χ3v) is 8.20. The van der Waals surface area contributed by atoms with E-state index in [2.05, 4.69) is 34.6 Å². The first-order valence-corrected chi connectivity index (χ1v) is 15.0. The van der Waals surface area contributed by atoms with Crippen LogP contribution < -0.4 is 21.7 Å². The van der Waals surface area contributed by atoms with Crippen LogP contribution in [0.4, 0.5) is 11.8 Å². The zero-order chi connectivity index (χ0) is 29.6. The highest BCUT2D eigenvalue weighted by Crippen LogP contribution is 2.35. The molecule has 42 heavy (non-hydrogen) atoms. The monoisotopic (exact) mass is 626 g/mol. The van der Waals surface area contributed by atoms with Crippen molar-refractivity contribution >= 4 is 52.7 Å². The van der Waals surface area contributed by atoms with E-state index in [-0.39, 0.29) is 35.9 Å². The van der Waals surface area contributed by atoms with E-state index in [0.29, 0.717) is 24.0 Å². The number of fused-ring (bicyclic) bond motifs is 2. The van der Waals surface area contributed by atoms with Crippen molar-refractivity contribution in [2.75, 3.05) is 24.6 Å². The standard InChI is InChI=1S/C20H24N11O9PS/c21-16-14-17(24-6-23-16)30(7-25-14)12-2-1-9(38-12)4-27-42(35,36)40-10-3-13(39-11(10)5-37-41(33)34)31-8-26-15-18(31)28-20(22)29-19(15)32/h6-13,27H,1-5H2,(H5-,21,22,23,24,28,29,32,33,34)/p+1/t9-,10-,11+,12+,13+/m0/s1. The molecule has 0 radical (unpaired) electrons. The fourth-order valence-electron chi connectivity index (χ4n) is 4.93. The van der Waals surface area contributed by atoms with Gasteiger partial charge in [0.05, 0.1) is 18.8 Å². The lowest BCUT2D eigenvalue weighted by Crippen LogP contribution is -2.38. The van der Waals surface area contributed by atoms with Gasteiger partial charge in [-0.25, -0.2) is 19.9 Å². The molecule has 0 aromatic carbocycles. The van der Waals surface area contributed by atoms with Gasteiger partial charge in [-0.05, 0) is 12.8 Å². The number of aromatic amines is 1. The van der Waals surface area contributed by atoms with E-state index in [1.54, 1.807) is 10.9 Å².